The smallest absolute Gasteiger partial charge is 0.326 e. The van der Waals surface area contributed by atoms with Crippen molar-refractivity contribution in [3.8, 4) is 0 Å². The van der Waals surface area contributed by atoms with Gasteiger partial charge in [-0.15, -0.1) is 0 Å². The minimum atomic E-state index is -1.02. The molecule has 0 spiro atoms. The predicted molar refractivity (Wildman–Crippen MR) is 236 cm³/mol. The number of amides is 2. The maximum absolute atomic E-state index is 13.0. The number of fused-ring (bicyclic) bond motifs is 5. The van der Waals surface area contributed by atoms with Crippen molar-refractivity contribution in [3.05, 3.63) is 60.8 Å². The minimum absolute atomic E-state index is 0.0165. The van der Waals surface area contributed by atoms with Gasteiger partial charge in [0.2, 0.25) is 11.8 Å². The molecule has 4 fully saturated rings. The van der Waals surface area contributed by atoms with E-state index in [4.69, 9.17) is 0 Å². The van der Waals surface area contributed by atoms with Crippen LogP contribution in [0.2, 0.25) is 0 Å². The summed E-state index contributed by atoms with van der Waals surface area (Å²) in [6.45, 7) is 9.81. The van der Waals surface area contributed by atoms with Gasteiger partial charge in [0.05, 0.1) is 12.2 Å². The molecule has 4 rings (SSSR count). The SMILES string of the molecule is CC/C=C\C/C=C\C/C=C\C/C=C\C/C=C\CCCC(=O)NCCCCC(NC(=O)CC[C@@H](C)C1CC[C@H]2[C@@H]3[C@H](O)C[C@@H]4C[C@H](O)CC[C@]4(C)[C@H]3CC[C@]12C)C(=O)O. The molecule has 0 saturated heterocycles. The quantitative estimate of drug-likeness (QED) is 0.0487. The molecule has 0 aromatic carbocycles. The van der Waals surface area contributed by atoms with Crippen LogP contribution >= 0.6 is 0 Å². The lowest BCUT2D eigenvalue weighted by atomic mass is 9.43. The molecule has 0 aromatic rings. The summed E-state index contributed by atoms with van der Waals surface area (Å²) < 4.78 is 0. The van der Waals surface area contributed by atoms with Crippen LogP contribution in [0.3, 0.4) is 0 Å². The summed E-state index contributed by atoms with van der Waals surface area (Å²) in [5.41, 5.74) is 0.351. The number of allylic oxidation sites excluding steroid dienone is 10. The molecule has 0 aliphatic heterocycles. The summed E-state index contributed by atoms with van der Waals surface area (Å²) in [7, 11) is 0. The summed E-state index contributed by atoms with van der Waals surface area (Å²) in [6, 6.07) is -0.926. The largest absolute Gasteiger partial charge is 0.480 e. The van der Waals surface area contributed by atoms with E-state index >= 15 is 0 Å². The zero-order valence-electron chi connectivity index (χ0n) is 36.6. The standard InChI is InChI=1S/C50H80N2O6/c1-5-6-7-8-9-10-11-12-13-14-15-16-17-18-19-20-21-25-45(55)51-34-23-22-24-43(48(57)58)52-46(56)29-26-37(2)40-27-28-41-47-42(31-33-50(40,41)4)49(3)32-30-39(53)35-38(49)36-44(47)54/h6-7,9-10,12-13,15-16,18-19,37-44,47,53-54H,5,8,11,14,17,20-36H2,1-4H3,(H,51,55)(H,52,56)(H,57,58)/b7-6-,10-9-,13-12-,16-15-,19-18-/t37-,38+,39-,40?,41+,42+,43?,44-,47+,49+,50-/m1/s1. The molecule has 2 unspecified atom stereocenters. The van der Waals surface area contributed by atoms with Gasteiger partial charge in [0.15, 0.2) is 0 Å². The van der Waals surface area contributed by atoms with Gasteiger partial charge in [-0.1, -0.05) is 88.5 Å². The van der Waals surface area contributed by atoms with Crippen LogP contribution in [-0.2, 0) is 14.4 Å². The number of rotatable bonds is 24. The number of carbonyl (C=O) groups excluding carboxylic acids is 2. The van der Waals surface area contributed by atoms with Crippen molar-refractivity contribution in [2.45, 2.75) is 181 Å². The van der Waals surface area contributed by atoms with Crippen LogP contribution < -0.4 is 10.6 Å². The maximum atomic E-state index is 13.0. The van der Waals surface area contributed by atoms with E-state index in [0.29, 0.717) is 74.2 Å². The highest BCUT2D eigenvalue weighted by molar-refractivity contribution is 5.83. The summed E-state index contributed by atoms with van der Waals surface area (Å²) in [6.07, 6.45) is 39.0. The first-order chi connectivity index (χ1) is 27.9. The molecule has 2 amide bonds. The molecule has 58 heavy (non-hydrogen) atoms. The molecule has 4 saturated carbocycles. The van der Waals surface area contributed by atoms with E-state index in [1.807, 2.05) is 0 Å². The van der Waals surface area contributed by atoms with Gasteiger partial charge in [-0.3, -0.25) is 9.59 Å². The second kappa shape index (κ2) is 24.3. The van der Waals surface area contributed by atoms with E-state index in [2.05, 4.69) is 99.1 Å². The second-order valence-corrected chi connectivity index (χ2v) is 18.9. The summed E-state index contributed by atoms with van der Waals surface area (Å²) >= 11 is 0. The van der Waals surface area contributed by atoms with Crippen molar-refractivity contribution in [2.24, 2.45) is 46.3 Å². The Labute approximate surface area is 351 Å². The van der Waals surface area contributed by atoms with E-state index < -0.39 is 12.0 Å². The molecule has 326 valence electrons. The molecular formula is C50H80N2O6. The fourth-order valence-electron chi connectivity index (χ4n) is 11.8. The molecule has 5 N–H and O–H groups in total. The predicted octanol–water partition coefficient (Wildman–Crippen LogP) is 10.2. The highest BCUT2D eigenvalue weighted by Gasteiger charge is 2.62. The van der Waals surface area contributed by atoms with Crippen LogP contribution in [0, 0.1) is 46.3 Å². The van der Waals surface area contributed by atoms with Crippen molar-refractivity contribution in [1.82, 2.24) is 10.6 Å². The number of nitrogens with one attached hydrogen (secondary N) is 2. The zero-order valence-corrected chi connectivity index (χ0v) is 36.6. The number of hydrogen-bond donors (Lipinski definition) is 5. The van der Waals surface area contributed by atoms with Crippen LogP contribution in [0.4, 0.5) is 0 Å². The summed E-state index contributed by atoms with van der Waals surface area (Å²) in [5.74, 6) is 1.35. The topological polar surface area (TPSA) is 136 Å². The Morgan fingerprint density at radius 2 is 1.33 bits per heavy atom. The van der Waals surface area contributed by atoms with Crippen LogP contribution in [0.15, 0.2) is 60.8 Å². The van der Waals surface area contributed by atoms with Gasteiger partial charge in [0.1, 0.15) is 6.04 Å². The van der Waals surface area contributed by atoms with Gasteiger partial charge in [-0.2, -0.15) is 0 Å². The fourth-order valence-corrected chi connectivity index (χ4v) is 11.8. The third-order valence-electron chi connectivity index (χ3n) is 15.0. The number of aliphatic hydroxyl groups excluding tert-OH is 2. The third kappa shape index (κ3) is 13.8. The van der Waals surface area contributed by atoms with Gasteiger partial charge in [-0.05, 0) is 168 Å². The van der Waals surface area contributed by atoms with Gasteiger partial charge in [-0.25, -0.2) is 4.79 Å². The van der Waals surface area contributed by atoms with Crippen molar-refractivity contribution >= 4 is 17.8 Å². The zero-order chi connectivity index (χ0) is 42.0. The minimum Gasteiger partial charge on any atom is -0.480 e. The number of aliphatic carboxylic acids is 1. The lowest BCUT2D eigenvalue weighted by Crippen LogP contribution is -2.58. The fraction of sp³-hybridized carbons (Fsp3) is 0.740. The number of unbranched alkanes of at least 4 members (excludes halogenated alkanes) is 2. The van der Waals surface area contributed by atoms with Crippen molar-refractivity contribution in [3.63, 3.8) is 0 Å². The van der Waals surface area contributed by atoms with Crippen molar-refractivity contribution < 1.29 is 29.7 Å². The van der Waals surface area contributed by atoms with E-state index in [-0.39, 0.29) is 34.9 Å². The highest BCUT2D eigenvalue weighted by atomic mass is 16.4. The highest BCUT2D eigenvalue weighted by Crippen LogP contribution is 2.68. The summed E-state index contributed by atoms with van der Waals surface area (Å²) in [4.78, 5) is 37.4. The van der Waals surface area contributed by atoms with E-state index in [1.165, 1.54) is 0 Å². The molecule has 0 bridgehead atoms. The van der Waals surface area contributed by atoms with Gasteiger partial charge >= 0.3 is 5.97 Å². The number of carbonyl (C=O) groups is 3. The van der Waals surface area contributed by atoms with E-state index in [0.717, 1.165) is 103 Å². The lowest BCUT2D eigenvalue weighted by Gasteiger charge is -2.62. The molecule has 11 atom stereocenters. The molecule has 0 radical (unpaired) electrons. The van der Waals surface area contributed by atoms with Crippen molar-refractivity contribution in [1.29, 1.82) is 0 Å². The van der Waals surface area contributed by atoms with Gasteiger partial charge in [0, 0.05) is 19.4 Å². The van der Waals surface area contributed by atoms with Crippen LogP contribution in [0.5, 0.6) is 0 Å². The molecule has 0 aromatic heterocycles. The third-order valence-corrected chi connectivity index (χ3v) is 15.0. The Morgan fingerprint density at radius 1 is 0.707 bits per heavy atom. The Balaban J connectivity index is 1.06. The molecule has 8 nitrogen and oxygen atoms in total. The maximum Gasteiger partial charge on any atom is 0.326 e. The molecular weight excluding hydrogens is 725 g/mol. The first-order valence-corrected chi connectivity index (χ1v) is 23.3. The molecule has 4 aliphatic carbocycles. The monoisotopic (exact) mass is 805 g/mol. The second-order valence-electron chi connectivity index (χ2n) is 18.9. The lowest BCUT2D eigenvalue weighted by molar-refractivity contribution is -0.174. The normalized spacial score (nSPS) is 32.1. The Kier molecular flexibility index (Phi) is 20.0. The summed E-state index contributed by atoms with van der Waals surface area (Å²) in [5, 5.41) is 37.5. The number of aliphatic hydroxyl groups is 2. The van der Waals surface area contributed by atoms with Crippen molar-refractivity contribution in [2.75, 3.05) is 6.54 Å². The first-order valence-electron chi connectivity index (χ1n) is 23.3. The Bertz CT molecular complexity index is 1430. The molecule has 4 aliphatic rings. The number of hydrogen-bond acceptors (Lipinski definition) is 5. The Hall–Kier alpha value is -2.97. The van der Waals surface area contributed by atoms with Crippen LogP contribution in [-0.4, -0.2) is 57.9 Å². The van der Waals surface area contributed by atoms with E-state index in [1.54, 1.807) is 0 Å². The van der Waals surface area contributed by atoms with E-state index in [9.17, 15) is 29.7 Å². The van der Waals surface area contributed by atoms with Crippen LogP contribution in [0.1, 0.15) is 163 Å². The molecule has 8 heteroatoms. The number of carboxylic acids is 1. The average Bonchev–Trinajstić information content (AvgIpc) is 3.55. The average molecular weight is 805 g/mol. The number of carboxylic acid groups (broad SMARTS) is 1. The van der Waals surface area contributed by atoms with Crippen LogP contribution in [0.25, 0.3) is 0 Å². The molecule has 0 heterocycles. The Morgan fingerprint density at radius 3 is 1.98 bits per heavy atom. The first kappa shape index (κ1) is 47.7. The van der Waals surface area contributed by atoms with Gasteiger partial charge < -0.3 is 26.0 Å². The van der Waals surface area contributed by atoms with Gasteiger partial charge in [0.25, 0.3) is 0 Å².